The van der Waals surface area contributed by atoms with Crippen molar-refractivity contribution in [3.63, 3.8) is 0 Å². The Morgan fingerprint density at radius 1 is 0.933 bits per heavy atom. The number of anilines is 1. The van der Waals surface area contributed by atoms with Crippen LogP contribution in [0.4, 0.5) is 5.69 Å². The largest absolute Gasteiger partial charge is 0.324 e. The number of carbonyl (C=O) groups excluding carboxylic acids is 1. The number of aryl methyl sites for hydroxylation is 1. The quantitative estimate of drug-likeness (QED) is 0.527. The van der Waals surface area contributed by atoms with Crippen molar-refractivity contribution in [3.05, 3.63) is 94.0 Å². The molecule has 0 unspecified atom stereocenters. The van der Waals surface area contributed by atoms with Gasteiger partial charge < -0.3 is 5.32 Å². The predicted octanol–water partition coefficient (Wildman–Crippen LogP) is 4.83. The van der Waals surface area contributed by atoms with Crippen molar-refractivity contribution in [3.8, 4) is 0 Å². The van der Waals surface area contributed by atoms with E-state index >= 15 is 0 Å². The molecule has 0 aliphatic carbocycles. The number of halogens is 2. The van der Waals surface area contributed by atoms with E-state index in [-0.39, 0.29) is 11.3 Å². The molecule has 3 aromatic rings. The van der Waals surface area contributed by atoms with Crippen molar-refractivity contribution in [1.29, 1.82) is 0 Å². The molecule has 0 saturated heterocycles. The second-order valence-corrected chi connectivity index (χ2v) is 9.35. The topological polar surface area (TPSA) is 75.3 Å². The molecule has 156 valence electrons. The smallest absolute Gasteiger partial charge is 0.242 e. The highest BCUT2D eigenvalue weighted by Gasteiger charge is 2.26. The highest BCUT2D eigenvalue weighted by atomic mass is 35.5. The lowest BCUT2D eigenvalue weighted by Crippen LogP contribution is -2.45. The Labute approximate surface area is 186 Å². The summed E-state index contributed by atoms with van der Waals surface area (Å²) in [6.07, 6.45) is 0.180. The molecule has 0 aliphatic heterocycles. The van der Waals surface area contributed by atoms with Crippen LogP contribution in [-0.4, -0.2) is 20.4 Å². The average Bonchev–Trinajstić information content (AvgIpc) is 2.71. The van der Waals surface area contributed by atoms with Gasteiger partial charge in [0.15, 0.2) is 0 Å². The molecule has 0 radical (unpaired) electrons. The molecule has 0 aliphatic rings. The van der Waals surface area contributed by atoms with E-state index in [0.29, 0.717) is 15.7 Å². The van der Waals surface area contributed by atoms with Crippen LogP contribution in [0.2, 0.25) is 10.0 Å². The van der Waals surface area contributed by atoms with Crippen LogP contribution in [0.3, 0.4) is 0 Å². The lowest BCUT2D eigenvalue weighted by atomic mass is 10.1. The van der Waals surface area contributed by atoms with Gasteiger partial charge >= 0.3 is 0 Å². The van der Waals surface area contributed by atoms with Crippen molar-refractivity contribution in [1.82, 2.24) is 4.72 Å². The maximum absolute atomic E-state index is 13.0. The molecule has 1 atom stereocenters. The maximum Gasteiger partial charge on any atom is 0.242 e. The Morgan fingerprint density at radius 2 is 1.57 bits per heavy atom. The Hall–Kier alpha value is -2.38. The van der Waals surface area contributed by atoms with Crippen LogP contribution >= 0.6 is 23.2 Å². The molecule has 0 spiro atoms. The highest BCUT2D eigenvalue weighted by Crippen LogP contribution is 2.21. The highest BCUT2D eigenvalue weighted by molar-refractivity contribution is 7.89. The van der Waals surface area contributed by atoms with Crippen molar-refractivity contribution in [2.75, 3.05) is 5.32 Å². The van der Waals surface area contributed by atoms with Crippen molar-refractivity contribution < 1.29 is 13.2 Å². The van der Waals surface area contributed by atoms with Gasteiger partial charge in [-0.25, -0.2) is 8.42 Å². The minimum Gasteiger partial charge on any atom is -0.324 e. The molecular weight excluding hydrogens is 443 g/mol. The summed E-state index contributed by atoms with van der Waals surface area (Å²) in [6, 6.07) is 19.0. The Balaban J connectivity index is 1.88. The molecule has 2 N–H and O–H groups in total. The zero-order chi connectivity index (χ0) is 21.7. The summed E-state index contributed by atoms with van der Waals surface area (Å²) in [7, 11) is -3.95. The lowest BCUT2D eigenvalue weighted by Gasteiger charge is -2.19. The van der Waals surface area contributed by atoms with E-state index in [0.717, 1.165) is 11.1 Å². The Kier molecular flexibility index (Phi) is 7.15. The first-order valence-corrected chi connectivity index (χ1v) is 11.4. The minimum absolute atomic E-state index is 0.0247. The summed E-state index contributed by atoms with van der Waals surface area (Å²) < 4.78 is 28.2. The Morgan fingerprint density at radius 3 is 2.23 bits per heavy atom. The fraction of sp³-hybridized carbons (Fsp3) is 0.136. The summed E-state index contributed by atoms with van der Waals surface area (Å²) in [4.78, 5) is 13.1. The molecule has 8 heteroatoms. The fourth-order valence-electron chi connectivity index (χ4n) is 2.86. The van der Waals surface area contributed by atoms with Crippen molar-refractivity contribution in [2.24, 2.45) is 0 Å². The molecule has 0 saturated carbocycles. The first-order valence-electron chi connectivity index (χ1n) is 9.13. The molecular formula is C22H20Cl2N2O3S. The maximum atomic E-state index is 13.0. The molecule has 5 nitrogen and oxygen atoms in total. The van der Waals surface area contributed by atoms with Crippen LogP contribution in [0.15, 0.2) is 77.7 Å². The van der Waals surface area contributed by atoms with Gasteiger partial charge in [-0.3, -0.25) is 4.79 Å². The van der Waals surface area contributed by atoms with Crippen LogP contribution in [0.25, 0.3) is 0 Å². The lowest BCUT2D eigenvalue weighted by molar-refractivity contribution is -0.117. The SMILES string of the molecule is Cc1ccc(Cl)cc1NC(=O)[C@H](Cc1ccccc1)NS(=O)(=O)c1ccc(Cl)cc1. The second kappa shape index (κ2) is 9.62. The van der Waals surface area contributed by atoms with E-state index in [1.807, 2.05) is 37.3 Å². The number of nitrogens with one attached hydrogen (secondary N) is 2. The fourth-order valence-corrected chi connectivity index (χ4v) is 4.35. The first-order chi connectivity index (χ1) is 14.2. The van der Waals surface area contributed by atoms with Crippen LogP contribution in [0.1, 0.15) is 11.1 Å². The number of hydrogen-bond acceptors (Lipinski definition) is 3. The summed E-state index contributed by atoms with van der Waals surface area (Å²) in [6.45, 7) is 1.83. The standard InChI is InChI=1S/C22H20Cl2N2O3S/c1-15-7-8-18(24)14-20(15)25-22(27)21(13-16-5-3-2-4-6-16)26-30(28,29)19-11-9-17(23)10-12-19/h2-12,14,21,26H,13H2,1H3,(H,25,27)/t21-/m0/s1. The summed E-state index contributed by atoms with van der Waals surface area (Å²) in [5.41, 5.74) is 2.15. The van der Waals surface area contributed by atoms with Crippen LogP contribution < -0.4 is 10.0 Å². The van der Waals surface area contributed by atoms with Gasteiger partial charge in [0.25, 0.3) is 0 Å². The van der Waals surface area contributed by atoms with E-state index in [1.54, 1.807) is 18.2 Å². The van der Waals surface area contributed by atoms with Crippen LogP contribution in [0.5, 0.6) is 0 Å². The molecule has 0 fully saturated rings. The van der Waals surface area contributed by atoms with Crippen molar-refractivity contribution >= 4 is 44.8 Å². The number of benzene rings is 3. The molecule has 0 aromatic heterocycles. The van der Waals surface area contributed by atoms with E-state index in [9.17, 15) is 13.2 Å². The molecule has 0 bridgehead atoms. The molecule has 30 heavy (non-hydrogen) atoms. The monoisotopic (exact) mass is 462 g/mol. The van der Waals surface area contributed by atoms with Gasteiger partial charge in [-0.15, -0.1) is 0 Å². The third-order valence-corrected chi connectivity index (χ3v) is 6.45. The van der Waals surface area contributed by atoms with Crippen molar-refractivity contribution in [2.45, 2.75) is 24.3 Å². The van der Waals surface area contributed by atoms with Gasteiger partial charge in [-0.1, -0.05) is 59.6 Å². The zero-order valence-electron chi connectivity index (χ0n) is 16.1. The van der Waals surface area contributed by atoms with Gasteiger partial charge in [0.05, 0.1) is 4.90 Å². The summed E-state index contributed by atoms with van der Waals surface area (Å²) in [5, 5.41) is 3.67. The molecule has 3 rings (SSSR count). The van der Waals surface area contributed by atoms with E-state index in [1.165, 1.54) is 24.3 Å². The number of hydrogen-bond donors (Lipinski definition) is 2. The Bertz CT molecular complexity index is 1130. The third-order valence-electron chi connectivity index (χ3n) is 4.48. The number of sulfonamides is 1. The minimum atomic E-state index is -3.95. The normalized spacial score (nSPS) is 12.4. The molecule has 0 heterocycles. The van der Waals surface area contributed by atoms with Gasteiger partial charge in [-0.05, 0) is 60.9 Å². The van der Waals surface area contributed by atoms with E-state index in [2.05, 4.69) is 10.0 Å². The van der Waals surface area contributed by atoms with Crippen LogP contribution in [-0.2, 0) is 21.2 Å². The van der Waals surface area contributed by atoms with Gasteiger partial charge in [0.1, 0.15) is 6.04 Å². The van der Waals surface area contributed by atoms with E-state index < -0.39 is 22.0 Å². The van der Waals surface area contributed by atoms with Gasteiger partial charge in [0, 0.05) is 15.7 Å². The second-order valence-electron chi connectivity index (χ2n) is 6.77. The van der Waals surface area contributed by atoms with Gasteiger partial charge in [-0.2, -0.15) is 4.72 Å². The first kappa shape index (κ1) is 22.3. The number of rotatable bonds is 7. The summed E-state index contributed by atoms with van der Waals surface area (Å²) >= 11 is 11.9. The number of carbonyl (C=O) groups is 1. The summed E-state index contributed by atoms with van der Waals surface area (Å²) in [5.74, 6) is -0.484. The van der Waals surface area contributed by atoms with Crippen LogP contribution in [0, 0.1) is 6.92 Å². The molecule has 3 aromatic carbocycles. The average molecular weight is 463 g/mol. The third kappa shape index (κ3) is 5.83. The van der Waals surface area contributed by atoms with E-state index in [4.69, 9.17) is 23.2 Å². The van der Waals surface area contributed by atoms with Gasteiger partial charge in [0.2, 0.25) is 15.9 Å². The predicted molar refractivity (Wildman–Crippen MR) is 121 cm³/mol. The number of amides is 1. The zero-order valence-corrected chi connectivity index (χ0v) is 18.4. The molecule has 1 amide bonds.